The Hall–Kier alpha value is -3.16. The molecule has 1 aliphatic rings. The number of amides is 1. The maximum Gasteiger partial charge on any atom is 0.254 e. The van der Waals surface area contributed by atoms with Gasteiger partial charge in [-0.15, -0.1) is 0 Å². The number of rotatable bonds is 3. The van der Waals surface area contributed by atoms with Gasteiger partial charge in [0.05, 0.1) is 24.4 Å². The van der Waals surface area contributed by atoms with Crippen LogP contribution in [0.2, 0.25) is 0 Å². The normalized spacial score (nSPS) is 14.8. The molecule has 25 heavy (non-hydrogen) atoms. The molecule has 0 spiro atoms. The van der Waals surface area contributed by atoms with Gasteiger partial charge in [0, 0.05) is 43.8 Å². The fourth-order valence-electron chi connectivity index (χ4n) is 3.03. The summed E-state index contributed by atoms with van der Waals surface area (Å²) in [5, 5.41) is 7.78. The topological polar surface area (TPSA) is 87.2 Å². The molecule has 0 aliphatic carbocycles. The van der Waals surface area contributed by atoms with Crippen molar-refractivity contribution in [3.8, 4) is 5.88 Å². The number of hydrogen-bond donors (Lipinski definition) is 1. The molecule has 128 valence electrons. The van der Waals surface area contributed by atoms with Gasteiger partial charge in [-0.2, -0.15) is 10.1 Å². The first-order chi connectivity index (χ1) is 12.3. The fraction of sp³-hybridized carbons (Fsp3) is 0.294. The lowest BCUT2D eigenvalue weighted by molar-refractivity contribution is 0.0748. The second kappa shape index (κ2) is 6.39. The van der Waals surface area contributed by atoms with Crippen molar-refractivity contribution in [2.75, 3.05) is 38.2 Å². The van der Waals surface area contributed by atoms with Crippen LogP contribution in [0.3, 0.4) is 0 Å². The number of H-pyrrole nitrogens is 1. The molecule has 8 nitrogen and oxygen atoms in total. The average Bonchev–Trinajstić information content (AvgIpc) is 3.16. The molecule has 1 aliphatic heterocycles. The van der Waals surface area contributed by atoms with Crippen LogP contribution in [0, 0.1) is 0 Å². The van der Waals surface area contributed by atoms with E-state index < -0.39 is 0 Å². The monoisotopic (exact) mass is 338 g/mol. The van der Waals surface area contributed by atoms with Gasteiger partial charge in [-0.25, -0.2) is 4.98 Å². The molecule has 1 amide bonds. The summed E-state index contributed by atoms with van der Waals surface area (Å²) in [5.41, 5.74) is 1.55. The minimum absolute atomic E-state index is 0.0261. The van der Waals surface area contributed by atoms with E-state index in [2.05, 4.69) is 25.1 Å². The van der Waals surface area contributed by atoms with Gasteiger partial charge in [-0.1, -0.05) is 6.07 Å². The quantitative estimate of drug-likeness (QED) is 0.775. The maximum atomic E-state index is 12.9. The van der Waals surface area contributed by atoms with E-state index in [9.17, 15) is 4.79 Å². The number of piperazine rings is 1. The molecule has 0 radical (unpaired) electrons. The number of carbonyl (C=O) groups is 1. The summed E-state index contributed by atoms with van der Waals surface area (Å²) in [6.45, 7) is 2.60. The molecule has 8 heteroatoms. The Kier molecular flexibility index (Phi) is 3.93. The van der Waals surface area contributed by atoms with E-state index in [0.29, 0.717) is 43.6 Å². The molecule has 1 N–H and O–H groups in total. The molecule has 0 bridgehead atoms. The van der Waals surface area contributed by atoms with Crippen LogP contribution in [0.5, 0.6) is 5.88 Å². The van der Waals surface area contributed by atoms with E-state index in [1.54, 1.807) is 25.6 Å². The van der Waals surface area contributed by atoms with Gasteiger partial charge in [0.2, 0.25) is 11.8 Å². The Balaban J connectivity index is 1.48. The number of aromatic amines is 1. The van der Waals surface area contributed by atoms with E-state index in [4.69, 9.17) is 4.74 Å². The highest BCUT2D eigenvalue weighted by atomic mass is 16.5. The first-order valence-electron chi connectivity index (χ1n) is 8.09. The molecule has 4 rings (SSSR count). The Labute approximate surface area is 144 Å². The number of hydrogen-bond acceptors (Lipinski definition) is 6. The number of carbonyl (C=O) groups excluding carboxylic acids is 1. The molecule has 0 saturated carbocycles. The Morgan fingerprint density at radius 2 is 2.04 bits per heavy atom. The zero-order valence-corrected chi connectivity index (χ0v) is 13.8. The van der Waals surface area contributed by atoms with Crippen molar-refractivity contribution in [3.05, 3.63) is 42.2 Å². The van der Waals surface area contributed by atoms with E-state index in [-0.39, 0.29) is 5.91 Å². The molecule has 0 unspecified atom stereocenters. The minimum atomic E-state index is 0.0261. The van der Waals surface area contributed by atoms with Crippen LogP contribution >= 0.6 is 0 Å². The van der Waals surface area contributed by atoms with Gasteiger partial charge in [-0.05, 0) is 12.1 Å². The number of nitrogens with one attached hydrogen (secondary N) is 1. The number of aromatic nitrogens is 4. The van der Waals surface area contributed by atoms with Crippen molar-refractivity contribution in [1.82, 2.24) is 25.1 Å². The smallest absolute Gasteiger partial charge is 0.254 e. The Morgan fingerprint density at radius 3 is 2.84 bits per heavy atom. The summed E-state index contributed by atoms with van der Waals surface area (Å²) < 4.78 is 5.14. The molecule has 3 heterocycles. The number of methoxy groups -OCH3 is 1. The number of anilines is 1. The summed E-state index contributed by atoms with van der Waals surface area (Å²) in [7, 11) is 1.58. The predicted octanol–water partition coefficient (Wildman–Crippen LogP) is 1.32. The minimum Gasteiger partial charge on any atom is -0.481 e. The number of nitrogens with zero attached hydrogens (tertiary/aromatic N) is 5. The van der Waals surface area contributed by atoms with E-state index >= 15 is 0 Å². The van der Waals surface area contributed by atoms with E-state index in [0.717, 1.165) is 10.9 Å². The molecular formula is C17H18N6O2. The van der Waals surface area contributed by atoms with Crippen LogP contribution in [-0.2, 0) is 0 Å². The number of ether oxygens (including phenoxy) is 1. The third kappa shape index (κ3) is 2.86. The van der Waals surface area contributed by atoms with Crippen molar-refractivity contribution < 1.29 is 9.53 Å². The highest BCUT2D eigenvalue weighted by molar-refractivity contribution is 6.06. The van der Waals surface area contributed by atoms with E-state index in [1.165, 1.54) is 0 Å². The Morgan fingerprint density at radius 1 is 1.20 bits per heavy atom. The van der Waals surface area contributed by atoms with Gasteiger partial charge in [0.25, 0.3) is 5.91 Å². The van der Waals surface area contributed by atoms with Gasteiger partial charge in [0.15, 0.2) is 0 Å². The highest BCUT2D eigenvalue weighted by Gasteiger charge is 2.24. The average molecular weight is 338 g/mol. The molecule has 1 aromatic carbocycles. The first-order valence-corrected chi connectivity index (χ1v) is 8.09. The predicted molar refractivity (Wildman–Crippen MR) is 92.8 cm³/mol. The lowest BCUT2D eigenvalue weighted by atomic mass is 10.1. The fourth-order valence-corrected chi connectivity index (χ4v) is 3.03. The van der Waals surface area contributed by atoms with E-state index in [1.807, 2.05) is 23.1 Å². The maximum absolute atomic E-state index is 12.9. The second-order valence-corrected chi connectivity index (χ2v) is 5.82. The molecule has 1 saturated heterocycles. The van der Waals surface area contributed by atoms with Crippen LogP contribution in [0.15, 0.2) is 36.7 Å². The first kappa shape index (κ1) is 15.4. The number of benzene rings is 1. The lowest BCUT2D eigenvalue weighted by Crippen LogP contribution is -2.49. The molecule has 3 aromatic rings. The van der Waals surface area contributed by atoms with Crippen molar-refractivity contribution >= 4 is 22.8 Å². The van der Waals surface area contributed by atoms with Crippen LogP contribution in [0.1, 0.15) is 10.4 Å². The largest absolute Gasteiger partial charge is 0.481 e. The van der Waals surface area contributed by atoms with Crippen LogP contribution < -0.4 is 9.64 Å². The zero-order chi connectivity index (χ0) is 17.2. The van der Waals surface area contributed by atoms with Crippen molar-refractivity contribution in [3.63, 3.8) is 0 Å². The molecule has 2 aromatic heterocycles. The Bertz CT molecular complexity index is 901. The summed E-state index contributed by atoms with van der Waals surface area (Å²) in [6, 6.07) is 7.35. The summed E-state index contributed by atoms with van der Waals surface area (Å²) in [5.74, 6) is 1.19. The lowest BCUT2D eigenvalue weighted by Gasteiger charge is -2.34. The van der Waals surface area contributed by atoms with Crippen LogP contribution in [0.4, 0.5) is 5.95 Å². The second-order valence-electron chi connectivity index (χ2n) is 5.82. The van der Waals surface area contributed by atoms with Gasteiger partial charge < -0.3 is 14.5 Å². The SMILES string of the molecule is COc1ccnc(N2CCN(C(=O)c3cccc4[nH]ncc34)CC2)n1. The summed E-state index contributed by atoms with van der Waals surface area (Å²) in [6.07, 6.45) is 3.38. The molecule has 0 atom stereocenters. The molecule has 1 fully saturated rings. The van der Waals surface area contributed by atoms with Gasteiger partial charge in [-0.3, -0.25) is 9.89 Å². The van der Waals surface area contributed by atoms with Crippen molar-refractivity contribution in [2.24, 2.45) is 0 Å². The van der Waals surface area contributed by atoms with Gasteiger partial charge in [0.1, 0.15) is 0 Å². The molecular weight excluding hydrogens is 320 g/mol. The number of fused-ring (bicyclic) bond motifs is 1. The summed E-state index contributed by atoms with van der Waals surface area (Å²) in [4.78, 5) is 25.4. The summed E-state index contributed by atoms with van der Waals surface area (Å²) >= 11 is 0. The zero-order valence-electron chi connectivity index (χ0n) is 13.8. The van der Waals surface area contributed by atoms with Crippen molar-refractivity contribution in [1.29, 1.82) is 0 Å². The van der Waals surface area contributed by atoms with Crippen LogP contribution in [-0.4, -0.2) is 64.3 Å². The van der Waals surface area contributed by atoms with Gasteiger partial charge >= 0.3 is 0 Å². The third-order valence-electron chi connectivity index (χ3n) is 4.39. The standard InChI is InChI=1S/C17H18N6O2/c1-25-15-5-6-18-17(20-15)23-9-7-22(8-10-23)16(24)12-3-2-4-14-13(12)11-19-21-14/h2-6,11H,7-10H2,1H3,(H,19,21). The third-order valence-corrected chi connectivity index (χ3v) is 4.39. The van der Waals surface area contributed by atoms with Crippen LogP contribution in [0.25, 0.3) is 10.9 Å². The van der Waals surface area contributed by atoms with Crippen molar-refractivity contribution in [2.45, 2.75) is 0 Å². The highest BCUT2D eigenvalue weighted by Crippen LogP contribution is 2.20.